The third kappa shape index (κ3) is 2.40. The van der Waals surface area contributed by atoms with Crippen LogP contribution in [0.3, 0.4) is 0 Å². The highest BCUT2D eigenvalue weighted by molar-refractivity contribution is 5.85. The number of rotatable bonds is 3. The molecule has 0 aliphatic carbocycles. The summed E-state index contributed by atoms with van der Waals surface area (Å²) in [5, 5.41) is 0.980. The molecule has 0 saturated carbocycles. The van der Waals surface area contributed by atoms with Crippen molar-refractivity contribution in [3.05, 3.63) is 53.6 Å². The van der Waals surface area contributed by atoms with Crippen LogP contribution in [-0.2, 0) is 6.42 Å². The molecule has 2 N–H and O–H groups in total. The number of fused-ring (bicyclic) bond motifs is 2. The summed E-state index contributed by atoms with van der Waals surface area (Å²) in [6.07, 6.45) is 0.660. The number of benzene rings is 2. The number of para-hydroxylation sites is 1. The van der Waals surface area contributed by atoms with Gasteiger partial charge >= 0.3 is 0 Å². The average molecular weight is 308 g/mol. The van der Waals surface area contributed by atoms with Crippen molar-refractivity contribution in [1.29, 1.82) is 0 Å². The Hall–Kier alpha value is -2.95. The van der Waals surface area contributed by atoms with Crippen LogP contribution in [0.25, 0.3) is 10.9 Å². The van der Waals surface area contributed by atoms with Crippen LogP contribution in [0.2, 0.25) is 0 Å². The minimum atomic E-state index is 0.245. The Morgan fingerprint density at radius 1 is 1.09 bits per heavy atom. The highest BCUT2D eigenvalue weighted by atomic mass is 16.7. The van der Waals surface area contributed by atoms with Crippen LogP contribution in [0.15, 0.2) is 42.5 Å². The molecule has 5 heteroatoms. The Balaban J connectivity index is 1.78. The number of methoxy groups -OCH3 is 1. The van der Waals surface area contributed by atoms with Gasteiger partial charge in [0.2, 0.25) is 6.79 Å². The molecule has 0 amide bonds. The lowest BCUT2D eigenvalue weighted by Gasteiger charge is -2.11. The highest BCUT2D eigenvalue weighted by Gasteiger charge is 2.16. The summed E-state index contributed by atoms with van der Waals surface area (Å²) in [5.74, 6) is 2.81. The minimum Gasteiger partial charge on any atom is -0.496 e. The molecular formula is C18H16N2O3. The number of pyridine rings is 1. The first-order chi connectivity index (χ1) is 11.2. The lowest BCUT2D eigenvalue weighted by molar-refractivity contribution is 0.174. The van der Waals surface area contributed by atoms with Crippen molar-refractivity contribution >= 4 is 16.7 Å². The fourth-order valence-corrected chi connectivity index (χ4v) is 2.82. The van der Waals surface area contributed by atoms with Crippen LogP contribution in [-0.4, -0.2) is 18.9 Å². The highest BCUT2D eigenvalue weighted by Crippen LogP contribution is 2.36. The smallest absolute Gasteiger partial charge is 0.231 e. The van der Waals surface area contributed by atoms with E-state index in [1.54, 1.807) is 7.11 Å². The van der Waals surface area contributed by atoms with Crippen molar-refractivity contribution in [2.75, 3.05) is 19.6 Å². The van der Waals surface area contributed by atoms with E-state index in [2.05, 4.69) is 4.98 Å². The van der Waals surface area contributed by atoms with E-state index in [-0.39, 0.29) is 6.79 Å². The molecule has 1 aliphatic rings. The Labute approximate surface area is 133 Å². The van der Waals surface area contributed by atoms with Crippen LogP contribution in [0.1, 0.15) is 11.1 Å². The minimum absolute atomic E-state index is 0.245. The van der Waals surface area contributed by atoms with Crippen LogP contribution in [0.5, 0.6) is 17.2 Å². The summed E-state index contributed by atoms with van der Waals surface area (Å²) >= 11 is 0. The molecular weight excluding hydrogens is 292 g/mol. The molecule has 0 spiro atoms. The second-order valence-corrected chi connectivity index (χ2v) is 5.42. The van der Waals surface area contributed by atoms with Gasteiger partial charge in [0.15, 0.2) is 11.5 Å². The van der Waals surface area contributed by atoms with Gasteiger partial charge in [-0.3, -0.25) is 0 Å². The third-order valence-electron chi connectivity index (χ3n) is 3.99. The number of ether oxygens (including phenoxy) is 3. The standard InChI is InChI=1S/C18H16N2O3/c1-21-15-5-3-2-4-11(15)6-13-7-12-8-16-17(23-10-22-16)9-14(12)20-18(13)19/h2-5,7-9H,6,10H2,1H3,(H2,19,20). The summed E-state index contributed by atoms with van der Waals surface area (Å²) in [5.41, 5.74) is 8.98. The van der Waals surface area contributed by atoms with Gasteiger partial charge in [-0.1, -0.05) is 18.2 Å². The van der Waals surface area contributed by atoms with Crippen molar-refractivity contribution in [2.24, 2.45) is 0 Å². The number of hydrogen-bond acceptors (Lipinski definition) is 5. The molecule has 1 aromatic heterocycles. The quantitative estimate of drug-likeness (QED) is 0.805. The first-order valence-corrected chi connectivity index (χ1v) is 7.35. The molecule has 0 bridgehead atoms. The predicted molar refractivity (Wildman–Crippen MR) is 88.1 cm³/mol. The van der Waals surface area contributed by atoms with Crippen molar-refractivity contribution in [1.82, 2.24) is 4.98 Å². The lowest BCUT2D eigenvalue weighted by Crippen LogP contribution is -2.01. The Bertz CT molecular complexity index is 893. The van der Waals surface area contributed by atoms with Gasteiger partial charge in [0.05, 0.1) is 12.6 Å². The Morgan fingerprint density at radius 2 is 1.87 bits per heavy atom. The lowest BCUT2D eigenvalue weighted by atomic mass is 10.0. The molecule has 4 rings (SSSR count). The molecule has 23 heavy (non-hydrogen) atoms. The fraction of sp³-hybridized carbons (Fsp3) is 0.167. The largest absolute Gasteiger partial charge is 0.496 e. The molecule has 5 nitrogen and oxygen atoms in total. The molecule has 116 valence electrons. The maximum Gasteiger partial charge on any atom is 0.231 e. The van der Waals surface area contributed by atoms with Gasteiger partial charge in [0.25, 0.3) is 0 Å². The zero-order valence-electron chi connectivity index (χ0n) is 12.7. The van der Waals surface area contributed by atoms with Crippen LogP contribution < -0.4 is 19.9 Å². The Morgan fingerprint density at radius 3 is 2.70 bits per heavy atom. The van der Waals surface area contributed by atoms with Gasteiger partial charge in [-0.15, -0.1) is 0 Å². The topological polar surface area (TPSA) is 66.6 Å². The monoisotopic (exact) mass is 308 g/mol. The second kappa shape index (κ2) is 5.35. The molecule has 0 atom stereocenters. The SMILES string of the molecule is COc1ccccc1Cc1cc2cc3c(cc2nc1N)OCO3. The first kappa shape index (κ1) is 13.7. The third-order valence-corrected chi connectivity index (χ3v) is 3.99. The number of nitrogens with zero attached hydrogens (tertiary/aromatic N) is 1. The van der Waals surface area contributed by atoms with E-state index in [1.165, 1.54) is 0 Å². The van der Waals surface area contributed by atoms with E-state index < -0.39 is 0 Å². The molecule has 0 fully saturated rings. The van der Waals surface area contributed by atoms with Crippen molar-refractivity contribution < 1.29 is 14.2 Å². The van der Waals surface area contributed by atoms with Gasteiger partial charge < -0.3 is 19.9 Å². The van der Waals surface area contributed by atoms with Gasteiger partial charge in [-0.2, -0.15) is 0 Å². The van der Waals surface area contributed by atoms with Crippen LogP contribution in [0, 0.1) is 0 Å². The molecule has 2 aromatic carbocycles. The van der Waals surface area contributed by atoms with Gasteiger partial charge in [0.1, 0.15) is 11.6 Å². The zero-order valence-corrected chi connectivity index (χ0v) is 12.7. The molecule has 0 unspecified atom stereocenters. The maximum absolute atomic E-state index is 6.15. The van der Waals surface area contributed by atoms with E-state index in [0.29, 0.717) is 18.0 Å². The molecule has 2 heterocycles. The summed E-state index contributed by atoms with van der Waals surface area (Å²) < 4.78 is 16.2. The van der Waals surface area contributed by atoms with E-state index in [1.807, 2.05) is 42.5 Å². The van der Waals surface area contributed by atoms with Gasteiger partial charge in [-0.25, -0.2) is 4.98 Å². The van der Waals surface area contributed by atoms with Crippen LogP contribution >= 0.6 is 0 Å². The van der Waals surface area contributed by atoms with E-state index >= 15 is 0 Å². The Kier molecular flexibility index (Phi) is 3.19. The van der Waals surface area contributed by atoms with Crippen molar-refractivity contribution in [3.63, 3.8) is 0 Å². The second-order valence-electron chi connectivity index (χ2n) is 5.42. The normalized spacial score (nSPS) is 12.6. The number of nitrogens with two attached hydrogens (primary N) is 1. The van der Waals surface area contributed by atoms with E-state index in [0.717, 1.165) is 33.5 Å². The molecule has 0 saturated heterocycles. The predicted octanol–water partition coefficient (Wildman–Crippen LogP) is 3.15. The maximum atomic E-state index is 6.15. The fourth-order valence-electron chi connectivity index (χ4n) is 2.82. The number of anilines is 1. The number of hydrogen-bond donors (Lipinski definition) is 1. The summed E-state index contributed by atoms with van der Waals surface area (Å²) in [4.78, 5) is 4.51. The number of nitrogen functional groups attached to an aromatic ring is 1. The van der Waals surface area contributed by atoms with Crippen molar-refractivity contribution in [3.8, 4) is 17.2 Å². The number of aromatic nitrogens is 1. The van der Waals surface area contributed by atoms with E-state index in [4.69, 9.17) is 19.9 Å². The van der Waals surface area contributed by atoms with Gasteiger partial charge in [-0.05, 0) is 29.3 Å². The molecule has 3 aromatic rings. The van der Waals surface area contributed by atoms with Crippen molar-refractivity contribution in [2.45, 2.75) is 6.42 Å². The van der Waals surface area contributed by atoms with E-state index in [9.17, 15) is 0 Å². The summed E-state index contributed by atoms with van der Waals surface area (Å²) in [6.45, 7) is 0.245. The summed E-state index contributed by atoms with van der Waals surface area (Å²) in [6, 6.07) is 13.8. The average Bonchev–Trinajstić information content (AvgIpc) is 3.01. The van der Waals surface area contributed by atoms with Crippen LogP contribution in [0.4, 0.5) is 5.82 Å². The molecule has 0 radical (unpaired) electrons. The van der Waals surface area contributed by atoms with Gasteiger partial charge in [0, 0.05) is 17.9 Å². The summed E-state index contributed by atoms with van der Waals surface area (Å²) in [7, 11) is 1.67. The molecule has 1 aliphatic heterocycles. The first-order valence-electron chi connectivity index (χ1n) is 7.35. The zero-order chi connectivity index (χ0) is 15.8.